The molecule has 1 unspecified atom stereocenters. The summed E-state index contributed by atoms with van der Waals surface area (Å²) in [6, 6.07) is 16.1. The number of carbonyl (C=O) groups excluding carboxylic acids is 2. The van der Waals surface area contributed by atoms with E-state index >= 15 is 0 Å². The Morgan fingerprint density at radius 1 is 1.00 bits per heavy atom. The van der Waals surface area contributed by atoms with Gasteiger partial charge in [0.15, 0.2) is 0 Å². The van der Waals surface area contributed by atoms with Gasteiger partial charge in [0.05, 0.1) is 18.3 Å². The van der Waals surface area contributed by atoms with Crippen molar-refractivity contribution >= 4 is 12.1 Å². The third-order valence-corrected chi connectivity index (χ3v) is 3.83. The van der Waals surface area contributed by atoms with Crippen molar-refractivity contribution in [3.05, 3.63) is 65.7 Å². The molecule has 0 saturated heterocycles. The highest BCUT2D eigenvalue weighted by atomic mass is 16.7. The molecule has 138 valence electrons. The van der Waals surface area contributed by atoms with Crippen molar-refractivity contribution in [3.8, 4) is 5.75 Å². The van der Waals surface area contributed by atoms with E-state index in [1.54, 1.807) is 36.4 Å². The van der Waals surface area contributed by atoms with Crippen molar-refractivity contribution in [2.45, 2.75) is 39.2 Å². The van der Waals surface area contributed by atoms with E-state index in [0.29, 0.717) is 24.2 Å². The maximum atomic E-state index is 12.1. The molecule has 0 heterocycles. The molecule has 5 nitrogen and oxygen atoms in total. The van der Waals surface area contributed by atoms with Gasteiger partial charge >= 0.3 is 12.1 Å². The second-order valence-electron chi connectivity index (χ2n) is 5.92. The molecule has 0 saturated carbocycles. The molecule has 0 aliphatic carbocycles. The summed E-state index contributed by atoms with van der Waals surface area (Å²) in [6.07, 6.45) is 1.10. The van der Waals surface area contributed by atoms with E-state index in [2.05, 4.69) is 6.92 Å². The summed E-state index contributed by atoms with van der Waals surface area (Å²) < 4.78 is 15.4. The summed E-state index contributed by atoms with van der Waals surface area (Å²) in [7, 11) is 0. The molecule has 5 heteroatoms. The predicted octanol–water partition coefficient (Wildman–Crippen LogP) is 4.79. The number of benzene rings is 2. The monoisotopic (exact) mass is 356 g/mol. The summed E-state index contributed by atoms with van der Waals surface area (Å²) in [5, 5.41) is 0. The van der Waals surface area contributed by atoms with Crippen LogP contribution in [0.4, 0.5) is 4.79 Å². The Labute approximate surface area is 153 Å². The van der Waals surface area contributed by atoms with Crippen LogP contribution in [0, 0.1) is 0 Å². The van der Waals surface area contributed by atoms with Crippen LogP contribution >= 0.6 is 0 Å². The number of ether oxygens (including phenoxy) is 3. The Morgan fingerprint density at radius 2 is 1.69 bits per heavy atom. The fraction of sp³-hybridized carbons (Fsp3) is 0.333. The Morgan fingerprint density at radius 3 is 2.35 bits per heavy atom. The Bertz CT molecular complexity index is 694. The number of rotatable bonds is 8. The van der Waals surface area contributed by atoms with Crippen LogP contribution in [0.2, 0.25) is 0 Å². The third-order valence-electron chi connectivity index (χ3n) is 3.83. The Hall–Kier alpha value is -2.82. The SMILES string of the molecule is CCc1ccc(C(=O)OC(C)CCCOC(=O)Oc2ccccc2)cc1. The largest absolute Gasteiger partial charge is 0.513 e. The second-order valence-corrected chi connectivity index (χ2v) is 5.92. The maximum absolute atomic E-state index is 12.1. The van der Waals surface area contributed by atoms with Gasteiger partial charge in [-0.05, 0) is 56.0 Å². The van der Waals surface area contributed by atoms with Crippen LogP contribution in [0.3, 0.4) is 0 Å². The average Bonchev–Trinajstić information content (AvgIpc) is 2.66. The topological polar surface area (TPSA) is 61.8 Å². The minimum absolute atomic E-state index is 0.207. The highest BCUT2D eigenvalue weighted by molar-refractivity contribution is 5.89. The molecular weight excluding hydrogens is 332 g/mol. The number of hydrogen-bond donors (Lipinski definition) is 0. The van der Waals surface area contributed by atoms with Crippen LogP contribution in [0.5, 0.6) is 5.75 Å². The Balaban J connectivity index is 1.64. The fourth-order valence-electron chi connectivity index (χ4n) is 2.33. The molecule has 1 atom stereocenters. The van der Waals surface area contributed by atoms with Gasteiger partial charge in [0.1, 0.15) is 5.75 Å². The molecule has 0 aromatic heterocycles. The first-order valence-electron chi connectivity index (χ1n) is 8.78. The molecular formula is C21H24O5. The van der Waals surface area contributed by atoms with Gasteiger partial charge in [0.25, 0.3) is 0 Å². The van der Waals surface area contributed by atoms with Crippen LogP contribution < -0.4 is 4.74 Å². The zero-order valence-corrected chi connectivity index (χ0v) is 15.1. The predicted molar refractivity (Wildman–Crippen MR) is 98.3 cm³/mol. The van der Waals surface area contributed by atoms with E-state index in [0.717, 1.165) is 6.42 Å². The van der Waals surface area contributed by atoms with E-state index in [1.807, 2.05) is 25.1 Å². The minimum Gasteiger partial charge on any atom is -0.459 e. The lowest BCUT2D eigenvalue weighted by atomic mass is 10.1. The molecule has 0 fully saturated rings. The summed E-state index contributed by atoms with van der Waals surface area (Å²) in [4.78, 5) is 23.6. The number of esters is 1. The van der Waals surface area contributed by atoms with Crippen LogP contribution in [0.25, 0.3) is 0 Å². The number of carbonyl (C=O) groups is 2. The van der Waals surface area contributed by atoms with Crippen LogP contribution in [-0.4, -0.2) is 24.8 Å². The Kier molecular flexibility index (Phi) is 7.68. The van der Waals surface area contributed by atoms with Crippen molar-refractivity contribution in [2.75, 3.05) is 6.61 Å². The van der Waals surface area contributed by atoms with E-state index < -0.39 is 6.16 Å². The van der Waals surface area contributed by atoms with Crippen LogP contribution in [-0.2, 0) is 15.9 Å². The summed E-state index contributed by atoms with van der Waals surface area (Å²) >= 11 is 0. The standard InChI is InChI=1S/C21H24O5/c1-3-17-11-13-18(14-12-17)20(22)25-16(2)8-7-15-24-21(23)26-19-9-5-4-6-10-19/h4-6,9-14,16H,3,7-8,15H2,1-2H3. The van der Waals surface area contributed by atoms with E-state index in [-0.39, 0.29) is 18.7 Å². The van der Waals surface area contributed by atoms with E-state index in [4.69, 9.17) is 14.2 Å². The highest BCUT2D eigenvalue weighted by Gasteiger charge is 2.12. The molecule has 0 bridgehead atoms. The van der Waals surface area contributed by atoms with E-state index in [9.17, 15) is 9.59 Å². The molecule has 0 N–H and O–H groups in total. The van der Waals surface area contributed by atoms with Gasteiger partial charge in [0.2, 0.25) is 0 Å². The summed E-state index contributed by atoms with van der Waals surface area (Å²) in [5.41, 5.74) is 1.71. The number of para-hydroxylation sites is 1. The molecule has 2 aromatic carbocycles. The summed E-state index contributed by atoms with van der Waals surface area (Å²) in [5.74, 6) is 0.0958. The van der Waals surface area contributed by atoms with Gasteiger partial charge in [-0.2, -0.15) is 0 Å². The van der Waals surface area contributed by atoms with Crippen molar-refractivity contribution in [1.82, 2.24) is 0 Å². The second kappa shape index (κ2) is 10.2. The number of aryl methyl sites for hydroxylation is 1. The zero-order chi connectivity index (χ0) is 18.8. The van der Waals surface area contributed by atoms with Gasteiger partial charge < -0.3 is 14.2 Å². The molecule has 0 amide bonds. The smallest absolute Gasteiger partial charge is 0.459 e. The van der Waals surface area contributed by atoms with Gasteiger partial charge in [-0.25, -0.2) is 9.59 Å². The van der Waals surface area contributed by atoms with Crippen molar-refractivity contribution in [2.24, 2.45) is 0 Å². The first-order chi connectivity index (χ1) is 12.6. The zero-order valence-electron chi connectivity index (χ0n) is 15.1. The van der Waals surface area contributed by atoms with Gasteiger partial charge in [-0.3, -0.25) is 0 Å². The summed E-state index contributed by atoms with van der Waals surface area (Å²) in [6.45, 7) is 4.09. The lowest BCUT2D eigenvalue weighted by Crippen LogP contribution is -2.17. The van der Waals surface area contributed by atoms with Gasteiger partial charge in [-0.15, -0.1) is 0 Å². The average molecular weight is 356 g/mol. The van der Waals surface area contributed by atoms with E-state index in [1.165, 1.54) is 5.56 Å². The van der Waals surface area contributed by atoms with Gasteiger partial charge in [0, 0.05) is 0 Å². The molecule has 26 heavy (non-hydrogen) atoms. The van der Waals surface area contributed by atoms with Gasteiger partial charge in [-0.1, -0.05) is 37.3 Å². The first-order valence-corrected chi connectivity index (χ1v) is 8.78. The van der Waals surface area contributed by atoms with Crippen LogP contribution in [0.15, 0.2) is 54.6 Å². The van der Waals surface area contributed by atoms with Crippen molar-refractivity contribution in [3.63, 3.8) is 0 Å². The van der Waals surface area contributed by atoms with Crippen molar-refractivity contribution < 1.29 is 23.8 Å². The lowest BCUT2D eigenvalue weighted by molar-refractivity contribution is 0.0297. The lowest BCUT2D eigenvalue weighted by Gasteiger charge is -2.13. The molecule has 2 rings (SSSR count). The fourth-order valence-corrected chi connectivity index (χ4v) is 2.33. The van der Waals surface area contributed by atoms with Crippen molar-refractivity contribution in [1.29, 1.82) is 0 Å². The highest BCUT2D eigenvalue weighted by Crippen LogP contribution is 2.11. The third kappa shape index (κ3) is 6.59. The molecule has 0 aliphatic rings. The number of hydrogen-bond acceptors (Lipinski definition) is 5. The normalized spacial score (nSPS) is 11.5. The molecule has 0 aliphatic heterocycles. The molecule has 0 radical (unpaired) electrons. The molecule has 2 aromatic rings. The molecule has 0 spiro atoms. The quantitative estimate of drug-likeness (QED) is 0.387. The minimum atomic E-state index is -0.739. The first kappa shape index (κ1) is 19.5. The van der Waals surface area contributed by atoms with Crippen LogP contribution in [0.1, 0.15) is 42.6 Å². The maximum Gasteiger partial charge on any atom is 0.513 e.